The summed E-state index contributed by atoms with van der Waals surface area (Å²) >= 11 is 0. The zero-order valence-corrected chi connectivity index (χ0v) is 12.9. The zero-order valence-electron chi connectivity index (χ0n) is 12.9. The first-order valence-corrected chi connectivity index (χ1v) is 7.35. The molecule has 0 saturated heterocycles. The first-order chi connectivity index (χ1) is 9.65. The third-order valence-corrected chi connectivity index (χ3v) is 3.55. The van der Waals surface area contributed by atoms with Gasteiger partial charge in [0.2, 0.25) is 0 Å². The molecule has 0 unspecified atom stereocenters. The summed E-state index contributed by atoms with van der Waals surface area (Å²) < 4.78 is 6.11. The molecular formula is C17H24N2O. The highest BCUT2D eigenvalue weighted by molar-refractivity contribution is 5.59. The summed E-state index contributed by atoms with van der Waals surface area (Å²) in [7, 11) is 4.11. The van der Waals surface area contributed by atoms with Crippen molar-refractivity contribution in [2.24, 2.45) is 0 Å². The summed E-state index contributed by atoms with van der Waals surface area (Å²) in [5, 5.41) is 0. The van der Waals surface area contributed by atoms with Gasteiger partial charge >= 0.3 is 0 Å². The van der Waals surface area contributed by atoms with Crippen LogP contribution in [0.25, 0.3) is 11.3 Å². The van der Waals surface area contributed by atoms with Gasteiger partial charge in [-0.1, -0.05) is 44.2 Å². The Kier molecular flexibility index (Phi) is 4.96. The lowest BCUT2D eigenvalue weighted by Gasteiger charge is -2.07. The van der Waals surface area contributed by atoms with Crippen molar-refractivity contribution in [1.82, 2.24) is 9.88 Å². The largest absolute Gasteiger partial charge is 0.440 e. The molecule has 0 fully saturated rings. The first kappa shape index (κ1) is 14.8. The van der Waals surface area contributed by atoms with E-state index in [4.69, 9.17) is 9.40 Å². The van der Waals surface area contributed by atoms with Crippen molar-refractivity contribution in [1.29, 1.82) is 0 Å². The van der Waals surface area contributed by atoms with E-state index in [-0.39, 0.29) is 0 Å². The monoisotopic (exact) mass is 272 g/mol. The van der Waals surface area contributed by atoms with Gasteiger partial charge in [-0.05, 0) is 26.9 Å². The van der Waals surface area contributed by atoms with Gasteiger partial charge in [0.15, 0.2) is 11.7 Å². The van der Waals surface area contributed by atoms with Crippen molar-refractivity contribution in [3.8, 4) is 11.3 Å². The Morgan fingerprint density at radius 3 is 2.30 bits per heavy atom. The van der Waals surface area contributed by atoms with E-state index in [9.17, 15) is 0 Å². The van der Waals surface area contributed by atoms with Crippen LogP contribution in [-0.2, 0) is 6.54 Å². The molecule has 0 radical (unpaired) electrons. The van der Waals surface area contributed by atoms with Gasteiger partial charge in [0.25, 0.3) is 0 Å². The second-order valence-corrected chi connectivity index (χ2v) is 5.45. The minimum atomic E-state index is 0.411. The third kappa shape index (κ3) is 3.28. The van der Waals surface area contributed by atoms with E-state index < -0.39 is 0 Å². The minimum Gasteiger partial charge on any atom is -0.440 e. The van der Waals surface area contributed by atoms with E-state index in [1.807, 2.05) is 18.2 Å². The fourth-order valence-corrected chi connectivity index (χ4v) is 2.40. The number of hydrogen-bond acceptors (Lipinski definition) is 3. The van der Waals surface area contributed by atoms with E-state index in [0.29, 0.717) is 5.92 Å². The summed E-state index contributed by atoms with van der Waals surface area (Å²) in [6.07, 6.45) is 2.12. The molecule has 2 rings (SSSR count). The number of benzene rings is 1. The van der Waals surface area contributed by atoms with E-state index in [2.05, 4.69) is 45.0 Å². The summed E-state index contributed by atoms with van der Waals surface area (Å²) in [5.41, 5.74) is 2.14. The molecular weight excluding hydrogens is 248 g/mol. The van der Waals surface area contributed by atoms with Gasteiger partial charge in [-0.25, -0.2) is 4.98 Å². The molecule has 0 amide bonds. The fraction of sp³-hybridized carbons (Fsp3) is 0.471. The lowest BCUT2D eigenvalue weighted by Crippen LogP contribution is -2.11. The van der Waals surface area contributed by atoms with Crippen LogP contribution in [-0.4, -0.2) is 24.0 Å². The number of hydrogen-bond donors (Lipinski definition) is 0. The Hall–Kier alpha value is -1.61. The van der Waals surface area contributed by atoms with Crippen molar-refractivity contribution >= 4 is 0 Å². The van der Waals surface area contributed by atoms with Crippen molar-refractivity contribution in [2.75, 3.05) is 14.1 Å². The van der Waals surface area contributed by atoms with E-state index in [0.717, 1.165) is 42.3 Å². The molecule has 0 aliphatic rings. The number of oxazole rings is 1. The maximum atomic E-state index is 6.11. The predicted molar refractivity (Wildman–Crippen MR) is 82.7 cm³/mol. The molecule has 0 bridgehead atoms. The zero-order chi connectivity index (χ0) is 14.5. The standard InChI is InChI=1S/C17H24N2O/c1-5-13(6-2)17-18-15(12-19(3)4)16(20-17)14-10-8-7-9-11-14/h7-11,13H,5-6,12H2,1-4H3. The van der Waals surface area contributed by atoms with E-state index >= 15 is 0 Å². The SMILES string of the molecule is CCC(CC)c1nc(CN(C)C)c(-c2ccccc2)o1. The highest BCUT2D eigenvalue weighted by atomic mass is 16.4. The summed E-state index contributed by atoms with van der Waals surface area (Å²) in [6, 6.07) is 10.3. The highest BCUT2D eigenvalue weighted by Gasteiger charge is 2.20. The fourth-order valence-electron chi connectivity index (χ4n) is 2.40. The van der Waals surface area contributed by atoms with Crippen LogP contribution in [0.4, 0.5) is 0 Å². The number of aromatic nitrogens is 1. The van der Waals surface area contributed by atoms with Gasteiger partial charge in [0.05, 0.1) is 0 Å². The molecule has 0 aliphatic heterocycles. The van der Waals surface area contributed by atoms with Crippen LogP contribution in [0.5, 0.6) is 0 Å². The lowest BCUT2D eigenvalue weighted by molar-refractivity contribution is 0.397. The van der Waals surface area contributed by atoms with Crippen LogP contribution in [0, 0.1) is 0 Å². The Labute approximate surface area is 121 Å². The van der Waals surface area contributed by atoms with Crippen LogP contribution >= 0.6 is 0 Å². The van der Waals surface area contributed by atoms with Crippen LogP contribution in [0.3, 0.4) is 0 Å². The molecule has 108 valence electrons. The molecule has 1 aromatic heterocycles. The molecule has 0 atom stereocenters. The third-order valence-electron chi connectivity index (χ3n) is 3.55. The molecule has 1 aromatic carbocycles. The molecule has 1 heterocycles. The maximum absolute atomic E-state index is 6.11. The quantitative estimate of drug-likeness (QED) is 0.785. The highest BCUT2D eigenvalue weighted by Crippen LogP contribution is 2.31. The normalized spacial score (nSPS) is 11.5. The molecule has 0 spiro atoms. The van der Waals surface area contributed by atoms with Gasteiger partial charge in [-0.2, -0.15) is 0 Å². The number of rotatable bonds is 6. The predicted octanol–water partition coefficient (Wildman–Crippen LogP) is 4.31. The average Bonchev–Trinajstić information content (AvgIpc) is 2.84. The summed E-state index contributed by atoms with van der Waals surface area (Å²) in [4.78, 5) is 6.89. The van der Waals surface area contributed by atoms with Gasteiger partial charge in [0, 0.05) is 18.0 Å². The van der Waals surface area contributed by atoms with Crippen molar-refractivity contribution in [3.63, 3.8) is 0 Å². The molecule has 3 nitrogen and oxygen atoms in total. The van der Waals surface area contributed by atoms with Crippen molar-refractivity contribution < 1.29 is 4.42 Å². The second kappa shape index (κ2) is 6.71. The van der Waals surface area contributed by atoms with Gasteiger partial charge < -0.3 is 9.32 Å². The first-order valence-electron chi connectivity index (χ1n) is 7.35. The van der Waals surface area contributed by atoms with Crippen LogP contribution in [0.2, 0.25) is 0 Å². The van der Waals surface area contributed by atoms with Crippen LogP contribution in [0.15, 0.2) is 34.7 Å². The Bertz CT molecular complexity index is 527. The van der Waals surface area contributed by atoms with Gasteiger partial charge in [0.1, 0.15) is 5.69 Å². The summed E-state index contributed by atoms with van der Waals surface area (Å²) in [5.74, 6) is 2.21. The van der Waals surface area contributed by atoms with Crippen molar-refractivity contribution in [3.05, 3.63) is 41.9 Å². The number of nitrogens with zero attached hydrogens (tertiary/aromatic N) is 2. The van der Waals surface area contributed by atoms with Gasteiger partial charge in [-0.3, -0.25) is 0 Å². The van der Waals surface area contributed by atoms with Crippen LogP contribution in [0.1, 0.15) is 44.2 Å². The van der Waals surface area contributed by atoms with Gasteiger partial charge in [-0.15, -0.1) is 0 Å². The van der Waals surface area contributed by atoms with E-state index in [1.54, 1.807) is 0 Å². The van der Waals surface area contributed by atoms with Crippen LogP contribution < -0.4 is 0 Å². The molecule has 0 N–H and O–H groups in total. The smallest absolute Gasteiger partial charge is 0.198 e. The lowest BCUT2D eigenvalue weighted by atomic mass is 10.0. The summed E-state index contributed by atoms with van der Waals surface area (Å²) in [6.45, 7) is 5.17. The Morgan fingerprint density at radius 1 is 1.10 bits per heavy atom. The average molecular weight is 272 g/mol. The topological polar surface area (TPSA) is 29.3 Å². The minimum absolute atomic E-state index is 0.411. The second-order valence-electron chi connectivity index (χ2n) is 5.45. The maximum Gasteiger partial charge on any atom is 0.198 e. The molecule has 3 heteroatoms. The Balaban J connectivity index is 2.43. The van der Waals surface area contributed by atoms with E-state index in [1.165, 1.54) is 0 Å². The molecule has 0 aliphatic carbocycles. The molecule has 20 heavy (non-hydrogen) atoms. The van der Waals surface area contributed by atoms with Crippen molar-refractivity contribution in [2.45, 2.75) is 39.2 Å². The molecule has 2 aromatic rings. The Morgan fingerprint density at radius 2 is 1.75 bits per heavy atom. The molecule has 0 saturated carbocycles.